The van der Waals surface area contributed by atoms with Crippen LogP contribution >= 0.6 is 0 Å². The van der Waals surface area contributed by atoms with Crippen LogP contribution in [-0.2, 0) is 0 Å². The van der Waals surface area contributed by atoms with Crippen molar-refractivity contribution in [2.24, 2.45) is 5.73 Å². The summed E-state index contributed by atoms with van der Waals surface area (Å²) in [5.74, 6) is 0.814. The molecule has 1 aliphatic rings. The molecule has 3 atom stereocenters. The van der Waals surface area contributed by atoms with E-state index in [9.17, 15) is 5.11 Å². The fourth-order valence-corrected chi connectivity index (χ4v) is 3.20. The van der Waals surface area contributed by atoms with Crippen LogP contribution in [0.25, 0.3) is 0 Å². The Morgan fingerprint density at radius 1 is 1.35 bits per heavy atom. The lowest BCUT2D eigenvalue weighted by atomic mass is 9.90. The van der Waals surface area contributed by atoms with E-state index in [2.05, 4.69) is 11.0 Å². The van der Waals surface area contributed by atoms with Gasteiger partial charge in [-0.15, -0.1) is 0 Å². The van der Waals surface area contributed by atoms with Crippen molar-refractivity contribution in [2.45, 2.75) is 50.8 Å². The number of methoxy groups -OCH3 is 1. The summed E-state index contributed by atoms with van der Waals surface area (Å²) in [5.41, 5.74) is 8.19. The van der Waals surface area contributed by atoms with Crippen molar-refractivity contribution < 1.29 is 9.84 Å². The van der Waals surface area contributed by atoms with E-state index in [1.165, 1.54) is 6.42 Å². The summed E-state index contributed by atoms with van der Waals surface area (Å²) in [6.45, 7) is 1.96. The Hall–Kier alpha value is -1.26. The van der Waals surface area contributed by atoms with Gasteiger partial charge in [0.05, 0.1) is 19.3 Å². The Morgan fingerprint density at radius 2 is 2.05 bits per heavy atom. The Balaban J connectivity index is 2.35. The largest absolute Gasteiger partial charge is 0.496 e. The average Bonchev–Trinajstić information content (AvgIpc) is 2.46. The van der Waals surface area contributed by atoms with E-state index in [1.807, 2.05) is 26.1 Å². The van der Waals surface area contributed by atoms with Crippen LogP contribution in [0, 0.1) is 0 Å². The van der Waals surface area contributed by atoms with E-state index < -0.39 is 0 Å². The quantitative estimate of drug-likeness (QED) is 0.888. The molecule has 1 aliphatic carbocycles. The Kier molecular flexibility index (Phi) is 4.89. The fraction of sp³-hybridized carbons (Fsp3) is 0.625. The van der Waals surface area contributed by atoms with Gasteiger partial charge in [-0.2, -0.15) is 0 Å². The number of nitrogens with two attached hydrogens (primary N) is 1. The lowest BCUT2D eigenvalue weighted by Gasteiger charge is -2.38. The summed E-state index contributed by atoms with van der Waals surface area (Å²) >= 11 is 0. The SMILES string of the molecule is COc1cccc(N(C)C2CCCCC2O)c1C(C)N. The van der Waals surface area contributed by atoms with Crippen molar-refractivity contribution in [1.82, 2.24) is 0 Å². The van der Waals surface area contributed by atoms with Crippen molar-refractivity contribution in [3.05, 3.63) is 23.8 Å². The second-order valence-corrected chi connectivity index (χ2v) is 5.71. The minimum atomic E-state index is -0.263. The van der Waals surface area contributed by atoms with Gasteiger partial charge in [0.25, 0.3) is 0 Å². The summed E-state index contributed by atoms with van der Waals surface area (Å²) in [6.07, 6.45) is 3.92. The number of nitrogens with zero attached hydrogens (tertiary/aromatic N) is 1. The lowest BCUT2D eigenvalue weighted by molar-refractivity contribution is 0.106. The molecule has 0 heterocycles. The third-order valence-corrected chi connectivity index (χ3v) is 4.29. The molecule has 1 aromatic rings. The zero-order valence-electron chi connectivity index (χ0n) is 12.7. The standard InChI is InChI=1S/C16H26N2O2/c1-11(17)16-13(8-6-10-15(16)20-3)18(2)12-7-4-5-9-14(12)19/h6,8,10-12,14,19H,4-5,7,9,17H2,1-3H3. The molecule has 0 aliphatic heterocycles. The molecular weight excluding hydrogens is 252 g/mol. The van der Waals surface area contributed by atoms with E-state index in [4.69, 9.17) is 10.5 Å². The molecule has 1 saturated carbocycles. The molecule has 2 rings (SSSR count). The zero-order valence-corrected chi connectivity index (χ0v) is 12.7. The number of benzene rings is 1. The number of aliphatic hydroxyl groups is 1. The van der Waals surface area contributed by atoms with Crippen molar-refractivity contribution >= 4 is 5.69 Å². The molecule has 0 spiro atoms. The van der Waals surface area contributed by atoms with Gasteiger partial charge in [0.15, 0.2) is 0 Å². The smallest absolute Gasteiger partial charge is 0.125 e. The number of likely N-dealkylation sites (N-methyl/N-ethyl adjacent to an activating group) is 1. The molecule has 0 saturated heterocycles. The fourth-order valence-electron chi connectivity index (χ4n) is 3.20. The molecule has 3 unspecified atom stereocenters. The third-order valence-electron chi connectivity index (χ3n) is 4.29. The number of hydrogen-bond donors (Lipinski definition) is 2. The molecule has 0 amide bonds. The first-order valence-corrected chi connectivity index (χ1v) is 7.39. The number of hydrogen-bond acceptors (Lipinski definition) is 4. The molecule has 112 valence electrons. The van der Waals surface area contributed by atoms with Crippen molar-refractivity contribution in [2.75, 3.05) is 19.1 Å². The number of rotatable bonds is 4. The summed E-state index contributed by atoms with van der Waals surface area (Å²) in [7, 11) is 3.71. The van der Waals surface area contributed by atoms with Gasteiger partial charge in [-0.05, 0) is 31.9 Å². The van der Waals surface area contributed by atoms with E-state index in [0.29, 0.717) is 0 Å². The highest BCUT2D eigenvalue weighted by atomic mass is 16.5. The van der Waals surface area contributed by atoms with Crippen LogP contribution in [0.4, 0.5) is 5.69 Å². The molecule has 0 bridgehead atoms. The number of aliphatic hydroxyl groups excluding tert-OH is 1. The third kappa shape index (κ3) is 2.91. The van der Waals surface area contributed by atoms with Gasteiger partial charge < -0.3 is 20.5 Å². The second-order valence-electron chi connectivity index (χ2n) is 5.71. The predicted molar refractivity (Wildman–Crippen MR) is 82.3 cm³/mol. The Labute approximate surface area is 121 Å². The van der Waals surface area contributed by atoms with Crippen LogP contribution in [0.2, 0.25) is 0 Å². The minimum absolute atomic E-state index is 0.107. The maximum Gasteiger partial charge on any atom is 0.125 e. The van der Waals surface area contributed by atoms with Crippen molar-refractivity contribution in [3.63, 3.8) is 0 Å². The molecule has 4 nitrogen and oxygen atoms in total. The second kappa shape index (κ2) is 6.46. The van der Waals surface area contributed by atoms with Crippen LogP contribution in [-0.4, -0.2) is 31.4 Å². The first-order chi connectivity index (χ1) is 9.56. The molecule has 4 heteroatoms. The van der Waals surface area contributed by atoms with Crippen LogP contribution in [0.5, 0.6) is 5.75 Å². The van der Waals surface area contributed by atoms with Gasteiger partial charge in [0.1, 0.15) is 5.75 Å². The molecule has 0 aromatic heterocycles. The normalized spacial score (nSPS) is 24.2. The van der Waals surface area contributed by atoms with Crippen molar-refractivity contribution in [1.29, 1.82) is 0 Å². The van der Waals surface area contributed by atoms with Gasteiger partial charge in [-0.1, -0.05) is 18.9 Å². The first kappa shape index (κ1) is 15.1. The summed E-state index contributed by atoms with van der Waals surface area (Å²) in [5, 5.41) is 10.3. The van der Waals surface area contributed by atoms with Gasteiger partial charge in [-0.3, -0.25) is 0 Å². The van der Waals surface area contributed by atoms with Gasteiger partial charge >= 0.3 is 0 Å². The van der Waals surface area contributed by atoms with Gasteiger partial charge in [-0.25, -0.2) is 0 Å². The van der Waals surface area contributed by atoms with Crippen molar-refractivity contribution in [3.8, 4) is 5.75 Å². The lowest BCUT2D eigenvalue weighted by Crippen LogP contribution is -2.44. The van der Waals surface area contributed by atoms with E-state index in [1.54, 1.807) is 7.11 Å². The summed E-state index contributed by atoms with van der Waals surface area (Å²) in [6, 6.07) is 6.03. The van der Waals surface area contributed by atoms with Gasteiger partial charge in [0.2, 0.25) is 0 Å². The number of anilines is 1. The summed E-state index contributed by atoms with van der Waals surface area (Å²) < 4.78 is 5.44. The molecule has 1 aromatic carbocycles. The van der Waals surface area contributed by atoms with Crippen LogP contribution in [0.15, 0.2) is 18.2 Å². The monoisotopic (exact) mass is 278 g/mol. The Morgan fingerprint density at radius 3 is 2.65 bits per heavy atom. The van der Waals surface area contributed by atoms with Crippen LogP contribution in [0.3, 0.4) is 0 Å². The molecular formula is C16H26N2O2. The Bertz CT molecular complexity index is 448. The maximum absolute atomic E-state index is 10.3. The van der Waals surface area contributed by atoms with E-state index in [-0.39, 0.29) is 18.2 Å². The first-order valence-electron chi connectivity index (χ1n) is 7.39. The highest BCUT2D eigenvalue weighted by molar-refractivity contribution is 5.61. The van der Waals surface area contributed by atoms with Crippen LogP contribution in [0.1, 0.15) is 44.2 Å². The minimum Gasteiger partial charge on any atom is -0.496 e. The average molecular weight is 278 g/mol. The van der Waals surface area contributed by atoms with Crippen LogP contribution < -0.4 is 15.4 Å². The maximum atomic E-state index is 10.3. The molecule has 0 radical (unpaired) electrons. The van der Waals surface area contributed by atoms with Gasteiger partial charge in [0, 0.05) is 24.3 Å². The van der Waals surface area contributed by atoms with E-state index >= 15 is 0 Å². The highest BCUT2D eigenvalue weighted by Gasteiger charge is 2.29. The molecule has 1 fully saturated rings. The summed E-state index contributed by atoms with van der Waals surface area (Å²) in [4.78, 5) is 2.17. The predicted octanol–water partition coefficient (Wildman–Crippen LogP) is 2.45. The van der Waals surface area contributed by atoms with E-state index in [0.717, 1.165) is 36.3 Å². The zero-order chi connectivity index (χ0) is 14.7. The number of ether oxygens (including phenoxy) is 1. The highest BCUT2D eigenvalue weighted by Crippen LogP contribution is 2.36. The molecule has 3 N–H and O–H groups in total. The topological polar surface area (TPSA) is 58.7 Å². The molecule has 20 heavy (non-hydrogen) atoms.